The molecular weight excluding hydrogens is 292 g/mol. The van der Waals surface area contributed by atoms with Crippen molar-refractivity contribution in [1.29, 1.82) is 0 Å². The first-order valence-corrected chi connectivity index (χ1v) is 7.89. The smallest absolute Gasteiger partial charge is 0.137 e. The largest absolute Gasteiger partial charge is 0.382 e. The first-order chi connectivity index (χ1) is 11.1. The summed E-state index contributed by atoms with van der Waals surface area (Å²) >= 11 is 0. The number of hydrogen-bond acceptors (Lipinski definition) is 5. The van der Waals surface area contributed by atoms with Crippen LogP contribution in [0.2, 0.25) is 0 Å². The summed E-state index contributed by atoms with van der Waals surface area (Å²) in [5, 5.41) is 21.3. The molecule has 4 rings (SSSR count). The van der Waals surface area contributed by atoms with Crippen LogP contribution in [0, 0.1) is 6.92 Å². The van der Waals surface area contributed by atoms with Gasteiger partial charge in [-0.3, -0.25) is 4.90 Å². The van der Waals surface area contributed by atoms with E-state index in [1.165, 1.54) is 5.69 Å². The van der Waals surface area contributed by atoms with Gasteiger partial charge < -0.3 is 9.51 Å². The summed E-state index contributed by atoms with van der Waals surface area (Å²) in [5.74, 6) is 0. The minimum atomic E-state index is -0.930. The number of aliphatic hydroxyl groups is 1. The van der Waals surface area contributed by atoms with E-state index in [4.69, 9.17) is 0 Å². The lowest BCUT2D eigenvalue weighted by molar-refractivity contribution is -0.0416. The van der Waals surface area contributed by atoms with Crippen LogP contribution < -0.4 is 0 Å². The molecule has 1 aliphatic rings. The molecule has 7 nitrogen and oxygen atoms in total. The summed E-state index contributed by atoms with van der Waals surface area (Å²) in [5.41, 5.74) is 2.83. The number of likely N-dealkylation sites (tertiary alicyclic amines) is 1. The number of rotatable bonds is 3. The van der Waals surface area contributed by atoms with E-state index >= 15 is 0 Å². The molecule has 0 saturated carbocycles. The van der Waals surface area contributed by atoms with Crippen LogP contribution in [0.4, 0.5) is 0 Å². The van der Waals surface area contributed by atoms with Gasteiger partial charge >= 0.3 is 0 Å². The Morgan fingerprint density at radius 1 is 1.39 bits per heavy atom. The van der Waals surface area contributed by atoms with E-state index in [1.54, 1.807) is 6.20 Å². The molecular formula is C16H20N6O. The molecule has 0 bridgehead atoms. The summed E-state index contributed by atoms with van der Waals surface area (Å²) in [4.78, 5) is 6.92. The van der Waals surface area contributed by atoms with Gasteiger partial charge in [0.2, 0.25) is 0 Å². The Labute approximate surface area is 134 Å². The number of aromatic amines is 1. The SMILES string of the molecule is Cc1cccc2nc(CN3CCC[C@](O)(c4cn[nH]n4)C3)cn12. The highest BCUT2D eigenvalue weighted by atomic mass is 16.3. The van der Waals surface area contributed by atoms with Crippen molar-refractivity contribution in [3.8, 4) is 0 Å². The molecule has 0 amide bonds. The van der Waals surface area contributed by atoms with Gasteiger partial charge in [0, 0.05) is 25.0 Å². The van der Waals surface area contributed by atoms with E-state index in [-0.39, 0.29) is 0 Å². The summed E-state index contributed by atoms with van der Waals surface area (Å²) in [6.07, 6.45) is 5.32. The summed E-state index contributed by atoms with van der Waals surface area (Å²) < 4.78 is 2.10. The van der Waals surface area contributed by atoms with E-state index in [9.17, 15) is 5.11 Å². The number of imidazole rings is 1. The van der Waals surface area contributed by atoms with Gasteiger partial charge in [-0.25, -0.2) is 4.98 Å². The number of H-pyrrole nitrogens is 1. The minimum Gasteiger partial charge on any atom is -0.382 e. The Balaban J connectivity index is 1.55. The minimum absolute atomic E-state index is 0.548. The summed E-state index contributed by atoms with van der Waals surface area (Å²) in [6, 6.07) is 6.10. The van der Waals surface area contributed by atoms with Crippen LogP contribution in [-0.4, -0.2) is 47.9 Å². The molecule has 1 fully saturated rings. The van der Waals surface area contributed by atoms with Crippen LogP contribution in [0.15, 0.2) is 30.6 Å². The van der Waals surface area contributed by atoms with Gasteiger partial charge in [-0.05, 0) is 38.4 Å². The van der Waals surface area contributed by atoms with Crippen LogP contribution in [0.25, 0.3) is 5.65 Å². The number of β-amino-alcohol motifs (C(OH)–C–C–N with tert-alkyl or cyclic N) is 1. The predicted molar refractivity (Wildman–Crippen MR) is 84.7 cm³/mol. The van der Waals surface area contributed by atoms with Crippen molar-refractivity contribution in [1.82, 2.24) is 29.7 Å². The van der Waals surface area contributed by atoms with Gasteiger partial charge in [0.15, 0.2) is 0 Å². The van der Waals surface area contributed by atoms with Gasteiger partial charge in [0.05, 0.1) is 11.9 Å². The molecule has 3 aromatic heterocycles. The molecule has 0 spiro atoms. The molecule has 4 heterocycles. The van der Waals surface area contributed by atoms with E-state index in [0.29, 0.717) is 18.7 Å². The van der Waals surface area contributed by atoms with Crippen molar-refractivity contribution < 1.29 is 5.11 Å². The molecule has 0 aliphatic carbocycles. The number of aromatic nitrogens is 5. The zero-order valence-electron chi connectivity index (χ0n) is 13.1. The monoisotopic (exact) mass is 312 g/mol. The van der Waals surface area contributed by atoms with E-state index in [0.717, 1.165) is 30.9 Å². The van der Waals surface area contributed by atoms with Gasteiger partial charge in [0.25, 0.3) is 0 Å². The maximum absolute atomic E-state index is 10.9. The highest BCUT2D eigenvalue weighted by molar-refractivity contribution is 5.41. The second kappa shape index (κ2) is 5.43. The van der Waals surface area contributed by atoms with E-state index < -0.39 is 5.60 Å². The number of piperidine rings is 1. The van der Waals surface area contributed by atoms with Crippen molar-refractivity contribution >= 4 is 5.65 Å². The lowest BCUT2D eigenvalue weighted by Crippen LogP contribution is -2.46. The first kappa shape index (κ1) is 14.3. The zero-order valence-corrected chi connectivity index (χ0v) is 13.1. The zero-order chi connectivity index (χ0) is 15.9. The Morgan fingerprint density at radius 2 is 2.30 bits per heavy atom. The van der Waals surface area contributed by atoms with Crippen LogP contribution in [0.1, 0.15) is 29.9 Å². The number of nitrogens with zero attached hydrogens (tertiary/aromatic N) is 5. The Kier molecular flexibility index (Phi) is 3.39. The third-order valence-electron chi connectivity index (χ3n) is 4.57. The number of aryl methyl sites for hydroxylation is 1. The van der Waals surface area contributed by atoms with Crippen molar-refractivity contribution in [3.63, 3.8) is 0 Å². The topological polar surface area (TPSA) is 82.3 Å². The van der Waals surface area contributed by atoms with Crippen molar-refractivity contribution in [2.75, 3.05) is 13.1 Å². The number of nitrogens with one attached hydrogen (secondary N) is 1. The maximum Gasteiger partial charge on any atom is 0.137 e. The normalized spacial score (nSPS) is 22.7. The molecule has 1 atom stereocenters. The maximum atomic E-state index is 10.9. The average Bonchev–Trinajstić information content (AvgIpc) is 3.17. The van der Waals surface area contributed by atoms with E-state index in [1.807, 2.05) is 12.1 Å². The molecule has 23 heavy (non-hydrogen) atoms. The van der Waals surface area contributed by atoms with Crippen LogP contribution >= 0.6 is 0 Å². The molecule has 3 aromatic rings. The lowest BCUT2D eigenvalue weighted by atomic mass is 9.90. The highest BCUT2D eigenvalue weighted by Crippen LogP contribution is 2.30. The summed E-state index contributed by atoms with van der Waals surface area (Å²) in [6.45, 7) is 4.29. The van der Waals surface area contributed by atoms with Crippen molar-refractivity contribution in [2.45, 2.75) is 31.9 Å². The number of pyridine rings is 1. The van der Waals surface area contributed by atoms with Crippen LogP contribution in [-0.2, 0) is 12.1 Å². The van der Waals surface area contributed by atoms with Gasteiger partial charge in [-0.1, -0.05) is 6.07 Å². The fraction of sp³-hybridized carbons (Fsp3) is 0.438. The molecule has 1 saturated heterocycles. The van der Waals surface area contributed by atoms with Crippen LogP contribution in [0.3, 0.4) is 0 Å². The summed E-state index contributed by atoms with van der Waals surface area (Å²) in [7, 11) is 0. The highest BCUT2D eigenvalue weighted by Gasteiger charge is 2.37. The lowest BCUT2D eigenvalue weighted by Gasteiger charge is -2.37. The van der Waals surface area contributed by atoms with Crippen molar-refractivity contribution in [2.24, 2.45) is 0 Å². The molecule has 0 aromatic carbocycles. The first-order valence-electron chi connectivity index (χ1n) is 7.89. The van der Waals surface area contributed by atoms with Crippen molar-refractivity contribution in [3.05, 3.63) is 47.7 Å². The predicted octanol–water partition coefficient (Wildman–Crippen LogP) is 1.24. The van der Waals surface area contributed by atoms with E-state index in [2.05, 4.69) is 48.9 Å². The Hall–Kier alpha value is -2.25. The fourth-order valence-electron chi connectivity index (χ4n) is 3.40. The molecule has 2 N–H and O–H groups in total. The second-order valence-electron chi connectivity index (χ2n) is 6.33. The third kappa shape index (κ3) is 2.62. The molecule has 7 heteroatoms. The third-order valence-corrected chi connectivity index (χ3v) is 4.57. The van der Waals surface area contributed by atoms with Gasteiger partial charge in [-0.2, -0.15) is 15.4 Å². The Bertz CT molecular complexity index is 811. The molecule has 1 aliphatic heterocycles. The van der Waals surface area contributed by atoms with Gasteiger partial charge in [-0.15, -0.1) is 0 Å². The number of fused-ring (bicyclic) bond motifs is 1. The fourth-order valence-corrected chi connectivity index (χ4v) is 3.40. The second-order valence-corrected chi connectivity index (χ2v) is 6.33. The average molecular weight is 312 g/mol. The standard InChI is InChI=1S/C16H20N6O/c1-12-4-2-5-15-18-13(10-22(12)15)9-21-7-3-6-16(23,11-21)14-8-17-20-19-14/h2,4-5,8,10,23H,3,6-7,9,11H2,1H3,(H,17,19,20)/t16-/m1/s1. The quantitative estimate of drug-likeness (QED) is 0.760. The Morgan fingerprint density at radius 3 is 3.09 bits per heavy atom. The van der Waals surface area contributed by atoms with Gasteiger partial charge in [0.1, 0.15) is 16.9 Å². The molecule has 0 unspecified atom stereocenters. The molecule has 120 valence electrons. The van der Waals surface area contributed by atoms with Crippen LogP contribution in [0.5, 0.6) is 0 Å². The molecule has 0 radical (unpaired) electrons. The number of hydrogen-bond donors (Lipinski definition) is 2.